The summed E-state index contributed by atoms with van der Waals surface area (Å²) in [6, 6.07) is 20.9. The van der Waals surface area contributed by atoms with Crippen molar-refractivity contribution in [2.45, 2.75) is 46.6 Å². The van der Waals surface area contributed by atoms with Crippen molar-refractivity contribution in [3.63, 3.8) is 0 Å². The van der Waals surface area contributed by atoms with Crippen LogP contribution < -0.4 is 10.4 Å². The molecule has 0 aromatic heterocycles. The molecule has 1 aliphatic carbocycles. The zero-order chi connectivity index (χ0) is 24.9. The first-order chi connectivity index (χ1) is 16.2. The lowest BCUT2D eigenvalue weighted by Gasteiger charge is -2.45. The summed E-state index contributed by atoms with van der Waals surface area (Å²) in [4.78, 5) is 25.2. The van der Waals surface area contributed by atoms with E-state index in [1.807, 2.05) is 26.0 Å². The van der Waals surface area contributed by atoms with Gasteiger partial charge < -0.3 is 14.0 Å². The number of allylic oxidation sites excluding steroid dienone is 1. The number of hydrogen-bond acceptors (Lipinski definition) is 4. The molecule has 4 nitrogen and oxygen atoms in total. The molecule has 34 heavy (non-hydrogen) atoms. The number of aldehydes is 1. The third kappa shape index (κ3) is 4.96. The second kappa shape index (κ2) is 10.8. The van der Waals surface area contributed by atoms with Crippen molar-refractivity contribution in [3.8, 4) is 0 Å². The highest BCUT2D eigenvalue weighted by molar-refractivity contribution is 6.99. The number of carbonyl (C=O) groups excluding carboxylic acids is 2. The summed E-state index contributed by atoms with van der Waals surface area (Å²) in [6.45, 7) is 13.2. The fourth-order valence-electron chi connectivity index (χ4n) is 5.41. The molecule has 0 N–H and O–H groups in total. The van der Waals surface area contributed by atoms with Crippen LogP contribution in [0, 0.1) is 23.7 Å². The van der Waals surface area contributed by atoms with Crippen molar-refractivity contribution in [2.24, 2.45) is 23.7 Å². The third-order valence-corrected chi connectivity index (χ3v) is 12.3. The van der Waals surface area contributed by atoms with Gasteiger partial charge in [-0.1, -0.05) is 100 Å². The Morgan fingerprint density at radius 3 is 1.97 bits per heavy atom. The maximum Gasteiger partial charge on any atom is 0.310 e. The highest BCUT2D eigenvalue weighted by Gasteiger charge is 2.51. The van der Waals surface area contributed by atoms with Gasteiger partial charge in [0, 0.05) is 18.4 Å². The van der Waals surface area contributed by atoms with Crippen LogP contribution in [-0.2, 0) is 18.8 Å². The van der Waals surface area contributed by atoms with Crippen molar-refractivity contribution >= 4 is 30.9 Å². The van der Waals surface area contributed by atoms with Gasteiger partial charge in [0.2, 0.25) is 0 Å². The van der Waals surface area contributed by atoms with E-state index in [9.17, 15) is 9.59 Å². The van der Waals surface area contributed by atoms with Gasteiger partial charge in [-0.15, -0.1) is 0 Å². The lowest BCUT2D eigenvalue weighted by atomic mass is 9.69. The van der Waals surface area contributed by atoms with Crippen LogP contribution in [0.3, 0.4) is 0 Å². The predicted molar refractivity (Wildman–Crippen MR) is 140 cm³/mol. The van der Waals surface area contributed by atoms with Crippen LogP contribution >= 0.6 is 0 Å². The monoisotopic (exact) mass is 478 g/mol. The van der Waals surface area contributed by atoms with Crippen LogP contribution in [0.2, 0.25) is 5.04 Å². The predicted octanol–water partition coefficient (Wildman–Crippen LogP) is 4.77. The van der Waals surface area contributed by atoms with E-state index in [0.29, 0.717) is 13.2 Å². The zero-order valence-electron chi connectivity index (χ0n) is 21.3. The van der Waals surface area contributed by atoms with Crippen LogP contribution in [0.15, 0.2) is 72.3 Å². The Morgan fingerprint density at radius 2 is 1.53 bits per heavy atom. The summed E-state index contributed by atoms with van der Waals surface area (Å²) in [5, 5.41) is 2.24. The summed E-state index contributed by atoms with van der Waals surface area (Å²) in [5.41, 5.74) is 1.10. The molecule has 0 saturated carbocycles. The maximum absolute atomic E-state index is 12.8. The molecule has 0 fully saturated rings. The lowest BCUT2D eigenvalue weighted by molar-refractivity contribution is -0.154. The van der Waals surface area contributed by atoms with Crippen molar-refractivity contribution in [1.29, 1.82) is 0 Å². The first kappa shape index (κ1) is 26.1. The fraction of sp³-hybridized carbons (Fsp3) is 0.448. The van der Waals surface area contributed by atoms with Crippen LogP contribution in [-0.4, -0.2) is 33.8 Å². The molecule has 2 aromatic carbocycles. The van der Waals surface area contributed by atoms with Crippen molar-refractivity contribution in [3.05, 3.63) is 72.3 Å². The topological polar surface area (TPSA) is 52.6 Å². The Kier molecular flexibility index (Phi) is 8.32. The molecule has 1 aliphatic rings. The molecule has 0 saturated heterocycles. The largest absolute Gasteiger partial charge is 0.466 e. The van der Waals surface area contributed by atoms with E-state index in [1.54, 1.807) is 6.92 Å². The molecule has 0 amide bonds. The SMILES string of the molecule is CCOC(=O)[C@H]1[C@H](C=O)[C@@H](CO[Si](c2ccccc2)(c2ccccc2)C(C)(C)C)C=C(C)[C@H]1C. The van der Waals surface area contributed by atoms with Crippen molar-refractivity contribution in [1.82, 2.24) is 0 Å². The fourth-order valence-corrected chi connectivity index (χ4v) is 10.0. The summed E-state index contributed by atoms with van der Waals surface area (Å²) >= 11 is 0. The Morgan fingerprint density at radius 1 is 1.00 bits per heavy atom. The minimum absolute atomic E-state index is 0.0432. The molecule has 0 heterocycles. The summed E-state index contributed by atoms with van der Waals surface area (Å²) < 4.78 is 12.5. The number of hydrogen-bond donors (Lipinski definition) is 0. The quantitative estimate of drug-likeness (QED) is 0.237. The van der Waals surface area contributed by atoms with E-state index in [0.717, 1.165) is 11.9 Å². The van der Waals surface area contributed by atoms with Gasteiger partial charge in [-0.2, -0.15) is 0 Å². The molecule has 2 aromatic rings. The highest BCUT2D eigenvalue weighted by atomic mass is 28.4. The molecule has 182 valence electrons. The Hall–Kier alpha value is -2.50. The van der Waals surface area contributed by atoms with Crippen LogP contribution in [0.1, 0.15) is 41.5 Å². The molecule has 0 aliphatic heterocycles. The molecular formula is C29H38O4Si. The van der Waals surface area contributed by atoms with Gasteiger partial charge in [-0.3, -0.25) is 4.79 Å². The first-order valence-corrected chi connectivity index (χ1v) is 14.1. The highest BCUT2D eigenvalue weighted by Crippen LogP contribution is 2.41. The number of esters is 1. The van der Waals surface area contributed by atoms with E-state index in [2.05, 4.69) is 75.4 Å². The zero-order valence-corrected chi connectivity index (χ0v) is 22.3. The first-order valence-electron chi connectivity index (χ1n) is 12.2. The van der Waals surface area contributed by atoms with Gasteiger partial charge >= 0.3 is 5.97 Å². The van der Waals surface area contributed by atoms with Gasteiger partial charge in [0.25, 0.3) is 8.32 Å². The summed E-state index contributed by atoms with van der Waals surface area (Å²) in [7, 11) is -2.74. The number of rotatable bonds is 8. The standard InChI is InChI=1S/C29H38O4Si/c1-7-32-28(31)27-22(3)21(2)18-23(26(27)19-30)20-33-34(29(4,5)6,24-14-10-8-11-15-24)25-16-12-9-13-17-25/h8-19,22-23,26-27H,7,20H2,1-6H3/t22-,23-,26-,27-/m1/s1. The molecule has 4 atom stereocenters. The van der Waals surface area contributed by atoms with Crippen LogP contribution in [0.4, 0.5) is 0 Å². The second-order valence-corrected chi connectivity index (χ2v) is 14.6. The van der Waals surface area contributed by atoms with E-state index in [4.69, 9.17) is 9.16 Å². The third-order valence-electron chi connectivity index (χ3n) is 7.27. The molecule has 0 radical (unpaired) electrons. The Balaban J connectivity index is 2.06. The molecule has 0 bridgehead atoms. The van der Waals surface area contributed by atoms with Gasteiger partial charge in [-0.05, 0) is 35.2 Å². The Labute approximate surface area is 205 Å². The average molecular weight is 479 g/mol. The van der Waals surface area contributed by atoms with Gasteiger partial charge in [-0.25, -0.2) is 0 Å². The molecule has 3 rings (SSSR count). The molecule has 0 spiro atoms. The average Bonchev–Trinajstić information content (AvgIpc) is 2.82. The number of carbonyl (C=O) groups is 2. The van der Waals surface area contributed by atoms with E-state index in [-0.39, 0.29) is 22.8 Å². The molecule has 0 unspecified atom stereocenters. The minimum atomic E-state index is -2.74. The van der Waals surface area contributed by atoms with Gasteiger partial charge in [0.05, 0.1) is 12.5 Å². The van der Waals surface area contributed by atoms with Gasteiger partial charge in [0.15, 0.2) is 0 Å². The van der Waals surface area contributed by atoms with Crippen LogP contribution in [0.25, 0.3) is 0 Å². The minimum Gasteiger partial charge on any atom is -0.466 e. The van der Waals surface area contributed by atoms with Crippen molar-refractivity contribution < 1.29 is 18.8 Å². The summed E-state index contributed by atoms with van der Waals surface area (Å²) in [5.74, 6) is -1.50. The van der Waals surface area contributed by atoms with E-state index >= 15 is 0 Å². The Bertz CT molecular complexity index is 954. The summed E-state index contributed by atoms with van der Waals surface area (Å²) in [6.07, 6.45) is 3.07. The van der Waals surface area contributed by atoms with Gasteiger partial charge in [0.1, 0.15) is 6.29 Å². The van der Waals surface area contributed by atoms with E-state index in [1.165, 1.54) is 10.4 Å². The molecular weight excluding hydrogens is 440 g/mol. The molecule has 5 heteroatoms. The lowest BCUT2D eigenvalue weighted by Crippen LogP contribution is -2.67. The normalized spacial score (nSPS) is 23.2. The van der Waals surface area contributed by atoms with E-state index < -0.39 is 20.2 Å². The van der Waals surface area contributed by atoms with Crippen molar-refractivity contribution in [2.75, 3.05) is 13.2 Å². The number of benzene rings is 2. The maximum atomic E-state index is 12.8. The second-order valence-electron chi connectivity index (χ2n) is 10.3. The van der Waals surface area contributed by atoms with Crippen LogP contribution in [0.5, 0.6) is 0 Å². The smallest absolute Gasteiger partial charge is 0.310 e. The number of ether oxygens (including phenoxy) is 1.